The summed E-state index contributed by atoms with van der Waals surface area (Å²) in [7, 11) is 1.66. The van der Waals surface area contributed by atoms with Crippen LogP contribution >= 0.6 is 0 Å². The maximum atomic E-state index is 5.15. The van der Waals surface area contributed by atoms with Crippen molar-refractivity contribution in [3.63, 3.8) is 0 Å². The maximum Gasteiger partial charge on any atom is 3.00 e. The number of rotatable bonds is 3. The summed E-state index contributed by atoms with van der Waals surface area (Å²) >= 11 is 0. The number of ether oxygens (including phenoxy) is 1. The number of methoxy groups -OCH3 is 1. The summed E-state index contributed by atoms with van der Waals surface area (Å²) < 4.78 is 5.15. The molecule has 0 heterocycles. The van der Waals surface area contributed by atoms with Gasteiger partial charge >= 0.3 is 20.1 Å². The van der Waals surface area contributed by atoms with E-state index in [1.54, 1.807) is 7.11 Å². The van der Waals surface area contributed by atoms with Crippen molar-refractivity contribution in [1.29, 1.82) is 0 Å². The molecule has 2 aliphatic carbocycles. The van der Waals surface area contributed by atoms with E-state index in [0.29, 0.717) is 0 Å². The van der Waals surface area contributed by atoms with Crippen molar-refractivity contribution in [2.24, 2.45) is 34.6 Å². The van der Waals surface area contributed by atoms with E-state index in [0.717, 1.165) is 52.3 Å². The summed E-state index contributed by atoms with van der Waals surface area (Å²) in [5.74, 6) is 5.51. The quantitative estimate of drug-likeness (QED) is 0.252. The molecule has 0 aromatic heterocycles. The number of halogens is 1. The molecule has 1 saturated carbocycles. The zero-order valence-electron chi connectivity index (χ0n) is 21.7. The van der Waals surface area contributed by atoms with E-state index in [1.165, 1.54) is 11.1 Å². The Morgan fingerprint density at radius 2 is 1.35 bits per heavy atom. The van der Waals surface area contributed by atoms with E-state index in [2.05, 4.69) is 63.9 Å². The Morgan fingerprint density at radius 3 is 1.85 bits per heavy atom. The number of hydrogen-bond acceptors (Lipinski definition) is 2. The van der Waals surface area contributed by atoms with Crippen LogP contribution in [0.25, 0.3) is 6.08 Å². The van der Waals surface area contributed by atoms with E-state index in [9.17, 15) is 0 Å². The Kier molecular flexibility index (Phi) is 13.8. The summed E-state index contributed by atoms with van der Waals surface area (Å²) in [5.41, 5.74) is 8.58. The third kappa shape index (κ3) is 7.62. The first-order valence-electron chi connectivity index (χ1n) is 11.4. The molecule has 2 aliphatic rings. The molecule has 0 amide bonds. The summed E-state index contributed by atoms with van der Waals surface area (Å²) in [4.78, 5) is 4.64. The largest absolute Gasteiger partial charge is 3.00 e. The molecular formula is C30H39ClIrNO. The number of aliphatic imine (C=N–C) groups is 1. The van der Waals surface area contributed by atoms with Crippen molar-refractivity contribution in [3.8, 4) is 5.75 Å². The van der Waals surface area contributed by atoms with Crippen LogP contribution in [0.1, 0.15) is 52.7 Å². The van der Waals surface area contributed by atoms with E-state index in [4.69, 9.17) is 4.74 Å². The van der Waals surface area contributed by atoms with Crippen LogP contribution in [-0.2, 0) is 20.1 Å². The summed E-state index contributed by atoms with van der Waals surface area (Å²) in [6, 6.07) is 16.0. The maximum absolute atomic E-state index is 5.15. The monoisotopic (exact) mass is 657 g/mol. The molecule has 0 aliphatic heterocycles. The average Bonchev–Trinajstić information content (AvgIpc) is 2.97. The Balaban J connectivity index is 0.000000721. The average molecular weight is 657 g/mol. The second kappa shape index (κ2) is 14.6. The third-order valence-electron chi connectivity index (χ3n) is 7.58. The number of nitrogens with zero attached hydrogens (tertiary/aromatic N) is 1. The minimum atomic E-state index is 0. The van der Waals surface area contributed by atoms with Gasteiger partial charge in [-0.1, -0.05) is 70.0 Å². The zero-order valence-corrected chi connectivity index (χ0v) is 24.9. The Labute approximate surface area is 227 Å². The molecule has 0 bridgehead atoms. The minimum absolute atomic E-state index is 0. The van der Waals surface area contributed by atoms with Gasteiger partial charge in [0.1, 0.15) is 5.75 Å². The molecule has 0 N–H and O–H groups in total. The number of allylic oxidation sites excluding steroid dienone is 1. The molecule has 2 nitrogen and oxygen atoms in total. The molecule has 0 radical (unpaired) electrons. The topological polar surface area (TPSA) is 21.6 Å². The number of benzene rings is 2. The summed E-state index contributed by atoms with van der Waals surface area (Å²) in [6.07, 6.45) is 4.13. The first kappa shape index (κ1) is 32.2. The van der Waals surface area contributed by atoms with Gasteiger partial charge in [0.25, 0.3) is 0 Å². The molecule has 0 saturated heterocycles. The van der Waals surface area contributed by atoms with Gasteiger partial charge in [-0.2, -0.15) is 0 Å². The Morgan fingerprint density at radius 1 is 0.853 bits per heavy atom. The van der Waals surface area contributed by atoms with Crippen molar-refractivity contribution in [2.75, 3.05) is 7.11 Å². The second-order valence-electron chi connectivity index (χ2n) is 9.17. The SMILES string of the molecule is CC1C(C)C(C)C(C)C1C.COc1ccc(N=C(C)C2=C=Cc3ccccc3[CH-]2)cc1.[CH3-].[Cl-].[Ir+3]. The minimum Gasteiger partial charge on any atom is -1.00 e. The van der Waals surface area contributed by atoms with E-state index in [-0.39, 0.29) is 39.9 Å². The second-order valence-corrected chi connectivity index (χ2v) is 9.17. The van der Waals surface area contributed by atoms with Crippen LogP contribution in [0, 0.1) is 43.4 Å². The molecule has 34 heavy (non-hydrogen) atoms. The molecule has 186 valence electrons. The Bertz CT molecular complexity index is 946. The predicted molar refractivity (Wildman–Crippen MR) is 139 cm³/mol. The van der Waals surface area contributed by atoms with Gasteiger partial charge < -0.3 is 24.6 Å². The predicted octanol–water partition coefficient (Wildman–Crippen LogP) is 5.22. The normalized spacial score (nSPS) is 24.5. The van der Waals surface area contributed by atoms with Crippen LogP contribution in [-0.4, -0.2) is 12.8 Å². The summed E-state index contributed by atoms with van der Waals surface area (Å²) in [5, 5.41) is 0. The van der Waals surface area contributed by atoms with Crippen LogP contribution in [0.4, 0.5) is 5.69 Å². The van der Waals surface area contributed by atoms with Crippen LogP contribution in [0.3, 0.4) is 0 Å². The van der Waals surface area contributed by atoms with Crippen LogP contribution < -0.4 is 17.1 Å². The van der Waals surface area contributed by atoms with Crippen LogP contribution in [0.15, 0.2) is 64.8 Å². The van der Waals surface area contributed by atoms with Crippen molar-refractivity contribution in [3.05, 3.63) is 84.8 Å². The van der Waals surface area contributed by atoms with E-state index < -0.39 is 0 Å². The van der Waals surface area contributed by atoms with Gasteiger partial charge in [0.05, 0.1) is 12.8 Å². The fourth-order valence-electron chi connectivity index (χ4n) is 4.64. The fraction of sp³-hybridized carbons (Fsp3) is 0.400. The van der Waals surface area contributed by atoms with Gasteiger partial charge in [0.2, 0.25) is 0 Å². The van der Waals surface area contributed by atoms with E-state index >= 15 is 0 Å². The fourth-order valence-corrected chi connectivity index (χ4v) is 4.64. The van der Waals surface area contributed by atoms with Crippen molar-refractivity contribution < 1.29 is 37.2 Å². The summed E-state index contributed by atoms with van der Waals surface area (Å²) in [6.45, 7) is 14.0. The molecule has 0 spiro atoms. The smallest absolute Gasteiger partial charge is 1.00 e. The van der Waals surface area contributed by atoms with Crippen LogP contribution in [0.5, 0.6) is 5.75 Å². The van der Waals surface area contributed by atoms with E-state index in [1.807, 2.05) is 49.4 Å². The molecule has 2 aromatic carbocycles. The van der Waals surface area contributed by atoms with Crippen molar-refractivity contribution in [2.45, 2.75) is 41.5 Å². The molecular weight excluding hydrogens is 618 g/mol. The number of hydrogen-bond donors (Lipinski definition) is 0. The van der Waals surface area contributed by atoms with Gasteiger partial charge in [0, 0.05) is 0 Å². The Hall–Kier alpha value is -1.76. The first-order chi connectivity index (χ1) is 14.8. The van der Waals surface area contributed by atoms with Crippen molar-refractivity contribution >= 4 is 17.5 Å². The van der Waals surface area contributed by atoms with Crippen molar-refractivity contribution in [1.82, 2.24) is 0 Å². The van der Waals surface area contributed by atoms with Gasteiger partial charge in [-0.25, -0.2) is 5.73 Å². The van der Waals surface area contributed by atoms with Crippen LogP contribution in [0.2, 0.25) is 0 Å². The molecule has 1 fully saturated rings. The number of fused-ring (bicyclic) bond motifs is 1. The zero-order chi connectivity index (χ0) is 22.5. The van der Waals surface area contributed by atoms with Gasteiger partial charge in [-0.15, -0.1) is 18.1 Å². The molecule has 2 aromatic rings. The van der Waals surface area contributed by atoms with Gasteiger partial charge in [0.15, 0.2) is 0 Å². The van der Waals surface area contributed by atoms with Gasteiger partial charge in [-0.3, -0.25) is 4.99 Å². The standard InChI is InChI=1S/C19H16NO.C10H20.CH3.ClH.Ir/c1-14(20-18-9-11-19(21-2)12-10-18)16-8-7-15-5-3-4-6-17(15)13-16;1-6-7(2)9(4)10(5)8(6)3;;;/h3-7,9-13H,1-2H3;6-10H,1-5H3;1H3;1H;/q-1;;-1;;+3/p-1. The first-order valence-corrected chi connectivity index (χ1v) is 11.4. The molecule has 4 rings (SSSR count). The molecule has 0 unspecified atom stereocenters. The van der Waals surface area contributed by atoms with Gasteiger partial charge in [-0.05, 0) is 66.5 Å². The molecule has 0 atom stereocenters. The third-order valence-corrected chi connectivity index (χ3v) is 7.58. The molecule has 4 heteroatoms.